The summed E-state index contributed by atoms with van der Waals surface area (Å²) in [5.74, 6) is -0.304. The number of hydrogen-bond acceptors (Lipinski definition) is 4. The maximum absolute atomic E-state index is 12.0. The van der Waals surface area contributed by atoms with E-state index in [9.17, 15) is 13.2 Å². The van der Waals surface area contributed by atoms with E-state index < -0.39 is 10.0 Å². The first-order valence-electron chi connectivity index (χ1n) is 6.52. The topological polar surface area (TPSA) is 84.5 Å². The molecule has 8 heteroatoms. The Morgan fingerprint density at radius 1 is 1.48 bits per heavy atom. The van der Waals surface area contributed by atoms with E-state index in [-0.39, 0.29) is 17.0 Å². The molecule has 2 rings (SSSR count). The van der Waals surface area contributed by atoms with Gasteiger partial charge in [-0.3, -0.25) is 9.52 Å². The molecule has 0 aliphatic carbocycles. The number of anilines is 1. The Bertz CT molecular complexity index is 627. The average molecular weight is 333 g/mol. The first-order chi connectivity index (χ1) is 9.85. The predicted molar refractivity (Wildman–Crippen MR) is 81.2 cm³/mol. The van der Waals surface area contributed by atoms with Crippen molar-refractivity contribution in [3.63, 3.8) is 0 Å². The summed E-state index contributed by atoms with van der Waals surface area (Å²) >= 11 is 6.02. The van der Waals surface area contributed by atoms with Crippen molar-refractivity contribution in [2.24, 2.45) is 0 Å². The molecule has 1 aliphatic heterocycles. The van der Waals surface area contributed by atoms with Crippen molar-refractivity contribution in [3.05, 3.63) is 28.8 Å². The number of amides is 1. The Balaban J connectivity index is 2.00. The molecule has 1 saturated heterocycles. The minimum absolute atomic E-state index is 0.0545. The molecule has 0 aromatic heterocycles. The fourth-order valence-electron chi connectivity index (χ4n) is 2.08. The summed E-state index contributed by atoms with van der Waals surface area (Å²) in [6.45, 7) is 1.17. The largest absolute Gasteiger partial charge is 0.376 e. The number of ether oxygens (including phenoxy) is 1. The zero-order valence-corrected chi connectivity index (χ0v) is 13.1. The molecule has 1 atom stereocenters. The lowest BCUT2D eigenvalue weighted by molar-refractivity contribution is 0.0858. The van der Waals surface area contributed by atoms with E-state index in [2.05, 4.69) is 10.0 Å². The number of halogens is 1. The van der Waals surface area contributed by atoms with Gasteiger partial charge in [0.15, 0.2) is 0 Å². The molecule has 1 heterocycles. The number of hydrogen-bond donors (Lipinski definition) is 2. The molecule has 1 aromatic carbocycles. The molecular weight excluding hydrogens is 316 g/mol. The summed E-state index contributed by atoms with van der Waals surface area (Å²) in [6.07, 6.45) is 3.04. The van der Waals surface area contributed by atoms with Crippen molar-refractivity contribution >= 4 is 33.2 Å². The molecule has 1 aliphatic rings. The highest BCUT2D eigenvalue weighted by atomic mass is 35.5. The summed E-state index contributed by atoms with van der Waals surface area (Å²) in [5.41, 5.74) is 0.617. The van der Waals surface area contributed by atoms with E-state index in [0.717, 1.165) is 25.7 Å². The highest BCUT2D eigenvalue weighted by Gasteiger charge is 2.18. The van der Waals surface area contributed by atoms with E-state index in [1.807, 2.05) is 0 Å². The summed E-state index contributed by atoms with van der Waals surface area (Å²) in [5, 5.41) is 2.95. The summed E-state index contributed by atoms with van der Waals surface area (Å²) in [6, 6.07) is 4.39. The molecule has 1 aromatic rings. The van der Waals surface area contributed by atoms with Crippen molar-refractivity contribution in [3.8, 4) is 0 Å². The lowest BCUT2D eigenvalue weighted by Crippen LogP contribution is -2.31. The Labute approximate surface area is 128 Å². The zero-order chi connectivity index (χ0) is 15.5. The van der Waals surface area contributed by atoms with Crippen LogP contribution in [-0.2, 0) is 14.8 Å². The zero-order valence-electron chi connectivity index (χ0n) is 11.6. The van der Waals surface area contributed by atoms with Crippen LogP contribution < -0.4 is 10.0 Å². The molecule has 0 bridgehead atoms. The van der Waals surface area contributed by atoms with Crippen LogP contribution in [0.25, 0.3) is 0 Å². The van der Waals surface area contributed by atoms with Crippen LogP contribution in [0.5, 0.6) is 0 Å². The van der Waals surface area contributed by atoms with Crippen molar-refractivity contribution in [2.75, 3.05) is 24.1 Å². The van der Waals surface area contributed by atoms with E-state index in [1.165, 1.54) is 18.2 Å². The fraction of sp³-hybridized carbons (Fsp3) is 0.462. The fourth-order valence-corrected chi connectivity index (χ4v) is 2.91. The summed E-state index contributed by atoms with van der Waals surface area (Å²) in [7, 11) is -3.37. The number of rotatable bonds is 5. The van der Waals surface area contributed by atoms with Crippen LogP contribution in [0.3, 0.4) is 0 Å². The molecule has 0 spiro atoms. The second-order valence-corrected chi connectivity index (χ2v) is 7.07. The smallest absolute Gasteiger partial charge is 0.252 e. The van der Waals surface area contributed by atoms with Gasteiger partial charge >= 0.3 is 0 Å². The van der Waals surface area contributed by atoms with Gasteiger partial charge in [-0.25, -0.2) is 8.42 Å². The molecule has 1 amide bonds. The number of carbonyl (C=O) groups is 1. The normalized spacial score (nSPS) is 18.5. The third kappa shape index (κ3) is 4.87. The molecule has 0 radical (unpaired) electrons. The third-order valence-corrected chi connectivity index (χ3v) is 3.95. The lowest BCUT2D eigenvalue weighted by atomic mass is 10.2. The second kappa shape index (κ2) is 6.64. The Kier molecular flexibility index (Phi) is 5.08. The highest BCUT2D eigenvalue weighted by molar-refractivity contribution is 7.92. The van der Waals surface area contributed by atoms with E-state index in [0.29, 0.717) is 17.8 Å². The minimum atomic E-state index is -3.37. The quantitative estimate of drug-likeness (QED) is 0.858. The SMILES string of the molecule is CS(=O)(=O)Nc1ccc(C(=O)NC[C@H]2CCCO2)c(Cl)c1. The van der Waals surface area contributed by atoms with E-state index in [1.54, 1.807) is 0 Å². The van der Waals surface area contributed by atoms with Gasteiger partial charge in [0.05, 0.1) is 22.9 Å². The van der Waals surface area contributed by atoms with Gasteiger partial charge < -0.3 is 10.1 Å². The Morgan fingerprint density at radius 3 is 2.81 bits per heavy atom. The lowest BCUT2D eigenvalue weighted by Gasteiger charge is -2.12. The summed E-state index contributed by atoms with van der Waals surface area (Å²) < 4.78 is 30.0. The first kappa shape index (κ1) is 16.1. The van der Waals surface area contributed by atoms with Crippen LogP contribution in [0.15, 0.2) is 18.2 Å². The first-order valence-corrected chi connectivity index (χ1v) is 8.79. The second-order valence-electron chi connectivity index (χ2n) is 4.91. The van der Waals surface area contributed by atoms with Crippen LogP contribution in [0.4, 0.5) is 5.69 Å². The van der Waals surface area contributed by atoms with Crippen molar-refractivity contribution in [2.45, 2.75) is 18.9 Å². The standard InChI is InChI=1S/C13H17ClN2O4S/c1-21(18,19)16-9-4-5-11(12(14)7-9)13(17)15-8-10-3-2-6-20-10/h4-5,7,10,16H,2-3,6,8H2,1H3,(H,15,17)/t10-/m1/s1. The number of sulfonamides is 1. The van der Waals surface area contributed by atoms with Crippen molar-refractivity contribution < 1.29 is 17.9 Å². The van der Waals surface area contributed by atoms with Gasteiger partial charge in [0.1, 0.15) is 0 Å². The number of carbonyl (C=O) groups excluding carboxylic acids is 1. The average Bonchev–Trinajstić information content (AvgIpc) is 2.87. The molecular formula is C13H17ClN2O4S. The highest BCUT2D eigenvalue weighted by Crippen LogP contribution is 2.21. The molecule has 1 fully saturated rings. The van der Waals surface area contributed by atoms with Crippen LogP contribution in [-0.4, -0.2) is 39.8 Å². The minimum Gasteiger partial charge on any atom is -0.376 e. The van der Waals surface area contributed by atoms with Gasteiger partial charge in [0.25, 0.3) is 5.91 Å². The van der Waals surface area contributed by atoms with Gasteiger partial charge in [-0.2, -0.15) is 0 Å². The van der Waals surface area contributed by atoms with Crippen LogP contribution in [0, 0.1) is 0 Å². The third-order valence-electron chi connectivity index (χ3n) is 3.03. The van der Waals surface area contributed by atoms with E-state index in [4.69, 9.17) is 16.3 Å². The Hall–Kier alpha value is -1.31. The molecule has 21 heavy (non-hydrogen) atoms. The number of benzene rings is 1. The van der Waals surface area contributed by atoms with Crippen LogP contribution in [0.2, 0.25) is 5.02 Å². The maximum atomic E-state index is 12.0. The molecule has 2 N–H and O–H groups in total. The Morgan fingerprint density at radius 2 is 2.24 bits per heavy atom. The molecule has 116 valence electrons. The van der Waals surface area contributed by atoms with Gasteiger partial charge in [-0.05, 0) is 31.0 Å². The molecule has 6 nitrogen and oxygen atoms in total. The predicted octanol–water partition coefficient (Wildman–Crippen LogP) is 1.62. The van der Waals surface area contributed by atoms with Crippen LogP contribution in [0.1, 0.15) is 23.2 Å². The van der Waals surface area contributed by atoms with Gasteiger partial charge in [0, 0.05) is 18.8 Å². The van der Waals surface area contributed by atoms with Crippen molar-refractivity contribution in [1.82, 2.24) is 5.32 Å². The van der Waals surface area contributed by atoms with Gasteiger partial charge in [-0.1, -0.05) is 11.6 Å². The van der Waals surface area contributed by atoms with E-state index >= 15 is 0 Å². The van der Waals surface area contributed by atoms with Gasteiger partial charge in [-0.15, -0.1) is 0 Å². The molecule has 0 unspecified atom stereocenters. The van der Waals surface area contributed by atoms with Gasteiger partial charge in [0.2, 0.25) is 10.0 Å². The molecule has 0 saturated carbocycles. The number of nitrogens with one attached hydrogen (secondary N) is 2. The summed E-state index contributed by atoms with van der Waals surface area (Å²) in [4.78, 5) is 12.0. The van der Waals surface area contributed by atoms with Crippen molar-refractivity contribution in [1.29, 1.82) is 0 Å². The monoisotopic (exact) mass is 332 g/mol. The van der Waals surface area contributed by atoms with Crippen LogP contribution >= 0.6 is 11.6 Å². The maximum Gasteiger partial charge on any atom is 0.252 e.